The van der Waals surface area contributed by atoms with Crippen LogP contribution in [0.1, 0.15) is 52.5 Å². The molecule has 1 aliphatic carbocycles. The van der Waals surface area contributed by atoms with Crippen molar-refractivity contribution >= 4 is 5.57 Å². The van der Waals surface area contributed by atoms with E-state index in [2.05, 4.69) is 69.5 Å². The molecule has 0 unspecified atom stereocenters. The number of likely N-dealkylation sites (tertiary alicyclic amines) is 1. The van der Waals surface area contributed by atoms with Gasteiger partial charge >= 0.3 is 0 Å². The van der Waals surface area contributed by atoms with E-state index in [9.17, 15) is 5.11 Å². The van der Waals surface area contributed by atoms with Crippen LogP contribution in [0.5, 0.6) is 0 Å². The molecule has 2 heteroatoms. The van der Waals surface area contributed by atoms with Gasteiger partial charge in [-0.2, -0.15) is 0 Å². The number of aliphatic hydroxyl groups is 1. The summed E-state index contributed by atoms with van der Waals surface area (Å²) in [5.41, 5.74) is 2.58. The molecular formula is C23H35NO. The third kappa shape index (κ3) is 3.71. The maximum absolute atomic E-state index is 10.7. The Labute approximate surface area is 153 Å². The molecule has 2 nitrogen and oxygen atoms in total. The van der Waals surface area contributed by atoms with E-state index in [4.69, 9.17) is 0 Å². The van der Waals surface area contributed by atoms with Gasteiger partial charge in [-0.1, -0.05) is 57.2 Å². The lowest BCUT2D eigenvalue weighted by Crippen LogP contribution is -2.53. The van der Waals surface area contributed by atoms with Gasteiger partial charge in [0.1, 0.15) is 0 Å². The molecule has 0 amide bonds. The third-order valence-electron chi connectivity index (χ3n) is 7.01. The molecule has 138 valence electrons. The molecule has 1 saturated heterocycles. The number of rotatable bonds is 4. The van der Waals surface area contributed by atoms with E-state index < -0.39 is 0 Å². The topological polar surface area (TPSA) is 23.5 Å². The van der Waals surface area contributed by atoms with Crippen molar-refractivity contribution in [2.45, 2.75) is 58.6 Å². The second kappa shape index (κ2) is 7.25. The minimum atomic E-state index is -0.162. The highest BCUT2D eigenvalue weighted by atomic mass is 16.3. The van der Waals surface area contributed by atoms with Crippen molar-refractivity contribution in [2.75, 3.05) is 13.1 Å². The third-order valence-corrected chi connectivity index (χ3v) is 7.01. The number of hydrogen-bond acceptors (Lipinski definition) is 2. The highest BCUT2D eigenvalue weighted by Gasteiger charge is 2.46. The van der Waals surface area contributed by atoms with Gasteiger partial charge in [-0.05, 0) is 49.7 Å². The molecule has 1 aromatic carbocycles. The first kappa shape index (κ1) is 18.7. The summed E-state index contributed by atoms with van der Waals surface area (Å²) >= 11 is 0. The number of hydrogen-bond donors (Lipinski definition) is 1. The van der Waals surface area contributed by atoms with Crippen molar-refractivity contribution in [3.63, 3.8) is 0 Å². The minimum Gasteiger partial charge on any atom is -0.393 e. The highest BCUT2D eigenvalue weighted by molar-refractivity contribution is 5.66. The van der Waals surface area contributed by atoms with Gasteiger partial charge in [-0.15, -0.1) is 0 Å². The molecule has 1 aromatic rings. The van der Waals surface area contributed by atoms with E-state index in [-0.39, 0.29) is 11.6 Å². The molecule has 1 heterocycles. The van der Waals surface area contributed by atoms with Gasteiger partial charge in [0.25, 0.3) is 0 Å². The SMILES string of the molecule is C=C(c1ccccc1)[C@H]1CN(C(C)(C)[C@@H]2CC[C@@H](C)C[C@H]2O)C[C@H]1C. The van der Waals surface area contributed by atoms with Crippen molar-refractivity contribution < 1.29 is 5.11 Å². The smallest absolute Gasteiger partial charge is 0.0588 e. The average Bonchev–Trinajstić information content (AvgIpc) is 2.97. The Bertz CT molecular complexity index is 593. The van der Waals surface area contributed by atoms with Gasteiger partial charge in [0.15, 0.2) is 0 Å². The van der Waals surface area contributed by atoms with Gasteiger partial charge in [0.2, 0.25) is 0 Å². The van der Waals surface area contributed by atoms with Crippen LogP contribution in [-0.2, 0) is 0 Å². The average molecular weight is 342 g/mol. The first-order valence-electron chi connectivity index (χ1n) is 9.98. The van der Waals surface area contributed by atoms with Gasteiger partial charge in [0.05, 0.1) is 6.10 Å². The number of nitrogens with zero attached hydrogens (tertiary/aromatic N) is 1. The molecular weight excluding hydrogens is 306 g/mol. The standard InChI is InChI=1S/C23H35NO/c1-16-11-12-21(22(25)13-16)23(4,5)24-14-17(2)20(15-24)18(3)19-9-7-6-8-10-19/h6-10,16-17,20-22,25H,3,11-15H2,1-2,4-5H3/t16-,17-,20+,21-,22-/m1/s1. The summed E-state index contributed by atoms with van der Waals surface area (Å²) in [7, 11) is 0. The highest BCUT2D eigenvalue weighted by Crippen LogP contribution is 2.43. The van der Waals surface area contributed by atoms with Crippen molar-refractivity contribution in [1.29, 1.82) is 0 Å². The van der Waals surface area contributed by atoms with E-state index in [0.717, 1.165) is 25.9 Å². The fourth-order valence-corrected chi connectivity index (χ4v) is 5.17. The Morgan fingerprint density at radius 2 is 1.80 bits per heavy atom. The minimum absolute atomic E-state index is 0.0412. The molecule has 2 fully saturated rings. The van der Waals surface area contributed by atoms with E-state index in [0.29, 0.717) is 23.7 Å². The predicted octanol–water partition coefficient (Wildman–Crippen LogP) is 4.84. The monoisotopic (exact) mass is 341 g/mol. The summed E-state index contributed by atoms with van der Waals surface area (Å²) in [4.78, 5) is 2.63. The second-order valence-corrected chi connectivity index (χ2v) is 9.13. The van der Waals surface area contributed by atoms with Gasteiger partial charge in [0, 0.05) is 30.5 Å². The molecule has 25 heavy (non-hydrogen) atoms. The van der Waals surface area contributed by atoms with Crippen LogP contribution in [0.3, 0.4) is 0 Å². The molecule has 2 aliphatic rings. The Kier molecular flexibility index (Phi) is 5.41. The summed E-state index contributed by atoms with van der Waals surface area (Å²) in [6.45, 7) is 15.9. The molecule has 5 atom stereocenters. The number of benzene rings is 1. The fraction of sp³-hybridized carbons (Fsp3) is 0.652. The van der Waals surface area contributed by atoms with Crippen molar-refractivity contribution in [3.05, 3.63) is 42.5 Å². The van der Waals surface area contributed by atoms with E-state index >= 15 is 0 Å². The Hall–Kier alpha value is -1.12. The Balaban J connectivity index is 1.73. The van der Waals surface area contributed by atoms with Crippen LogP contribution in [0.25, 0.3) is 5.57 Å². The van der Waals surface area contributed by atoms with E-state index in [1.807, 2.05) is 0 Å². The van der Waals surface area contributed by atoms with Crippen molar-refractivity contribution in [3.8, 4) is 0 Å². The zero-order valence-corrected chi connectivity index (χ0v) is 16.4. The molecule has 1 aliphatic heterocycles. The van der Waals surface area contributed by atoms with Crippen LogP contribution in [0.4, 0.5) is 0 Å². The van der Waals surface area contributed by atoms with E-state index in [1.54, 1.807) is 0 Å². The predicted molar refractivity (Wildman–Crippen MR) is 106 cm³/mol. The zero-order chi connectivity index (χ0) is 18.2. The molecule has 3 rings (SSSR count). The van der Waals surface area contributed by atoms with Crippen LogP contribution in [0.2, 0.25) is 0 Å². The van der Waals surface area contributed by atoms with Crippen LogP contribution < -0.4 is 0 Å². The maximum Gasteiger partial charge on any atom is 0.0588 e. The zero-order valence-electron chi connectivity index (χ0n) is 16.4. The fourth-order valence-electron chi connectivity index (χ4n) is 5.17. The summed E-state index contributed by atoms with van der Waals surface area (Å²) in [6.07, 6.45) is 3.18. The van der Waals surface area contributed by atoms with Gasteiger partial charge in [-0.3, -0.25) is 4.90 Å². The summed E-state index contributed by atoms with van der Waals surface area (Å²) < 4.78 is 0. The first-order chi connectivity index (χ1) is 11.8. The summed E-state index contributed by atoms with van der Waals surface area (Å²) in [5, 5.41) is 10.7. The molecule has 1 saturated carbocycles. The van der Waals surface area contributed by atoms with Gasteiger partial charge < -0.3 is 5.11 Å². The van der Waals surface area contributed by atoms with Gasteiger partial charge in [-0.25, -0.2) is 0 Å². The maximum atomic E-state index is 10.7. The van der Waals surface area contributed by atoms with Crippen molar-refractivity contribution in [2.24, 2.45) is 23.7 Å². The molecule has 0 spiro atoms. The number of aliphatic hydroxyl groups excluding tert-OH is 1. The molecule has 0 radical (unpaired) electrons. The van der Waals surface area contributed by atoms with Crippen LogP contribution in [0, 0.1) is 23.7 Å². The lowest BCUT2D eigenvalue weighted by molar-refractivity contribution is -0.0380. The normalized spacial score (nSPS) is 34.2. The molecule has 0 aromatic heterocycles. The lowest BCUT2D eigenvalue weighted by atomic mass is 9.71. The van der Waals surface area contributed by atoms with Crippen molar-refractivity contribution in [1.82, 2.24) is 4.90 Å². The van der Waals surface area contributed by atoms with Crippen LogP contribution in [0.15, 0.2) is 36.9 Å². The summed E-state index contributed by atoms with van der Waals surface area (Å²) in [6, 6.07) is 10.6. The van der Waals surface area contributed by atoms with Crippen LogP contribution >= 0.6 is 0 Å². The molecule has 0 bridgehead atoms. The Morgan fingerprint density at radius 1 is 1.12 bits per heavy atom. The second-order valence-electron chi connectivity index (χ2n) is 9.13. The first-order valence-corrected chi connectivity index (χ1v) is 9.98. The quantitative estimate of drug-likeness (QED) is 0.847. The summed E-state index contributed by atoms with van der Waals surface area (Å²) in [5.74, 6) is 2.14. The Morgan fingerprint density at radius 3 is 2.44 bits per heavy atom. The largest absolute Gasteiger partial charge is 0.393 e. The van der Waals surface area contributed by atoms with E-state index in [1.165, 1.54) is 17.6 Å². The lowest BCUT2D eigenvalue weighted by Gasteiger charge is -2.47. The van der Waals surface area contributed by atoms with Crippen LogP contribution in [-0.4, -0.2) is 34.7 Å². The molecule has 1 N–H and O–H groups in total.